The van der Waals surface area contributed by atoms with Crippen LogP contribution in [0, 0.1) is 6.92 Å². The maximum absolute atomic E-state index is 12.8. The molecule has 5 heteroatoms. The highest BCUT2D eigenvalue weighted by Crippen LogP contribution is 2.23. The van der Waals surface area contributed by atoms with Crippen LogP contribution in [0.3, 0.4) is 0 Å². The minimum Gasteiger partial charge on any atom is -0.380 e. The molecule has 0 aliphatic carbocycles. The smallest absolute Gasteiger partial charge is 0.185 e. The van der Waals surface area contributed by atoms with E-state index in [2.05, 4.69) is 12.2 Å². The van der Waals surface area contributed by atoms with E-state index in [0.29, 0.717) is 11.5 Å². The Morgan fingerprint density at radius 3 is 2.90 bits per heavy atom. The molecule has 0 aromatic heterocycles. The van der Waals surface area contributed by atoms with Crippen molar-refractivity contribution in [2.75, 3.05) is 19.8 Å². The zero-order valence-electron chi connectivity index (χ0n) is 12.1. The van der Waals surface area contributed by atoms with Gasteiger partial charge < -0.3 is 10.1 Å². The third kappa shape index (κ3) is 3.40. The molecular formula is C15H23NO3S. The number of nitrogens with one attached hydrogen (secondary N) is 1. The van der Waals surface area contributed by atoms with Gasteiger partial charge in [0.25, 0.3) is 0 Å². The normalized spacial score (nSPS) is 23.7. The average Bonchev–Trinajstić information content (AvgIpc) is 2.45. The van der Waals surface area contributed by atoms with Gasteiger partial charge in [-0.25, -0.2) is 8.42 Å². The average molecular weight is 297 g/mol. The predicted octanol–water partition coefficient (Wildman–Crippen LogP) is 1.93. The molecule has 1 aromatic rings. The molecule has 2 unspecified atom stereocenters. The first-order valence-corrected chi connectivity index (χ1v) is 8.72. The second kappa shape index (κ2) is 6.70. The van der Waals surface area contributed by atoms with Gasteiger partial charge in [0.2, 0.25) is 0 Å². The van der Waals surface area contributed by atoms with Crippen molar-refractivity contribution in [3.8, 4) is 0 Å². The molecule has 2 rings (SSSR count). The van der Waals surface area contributed by atoms with E-state index in [9.17, 15) is 8.42 Å². The van der Waals surface area contributed by atoms with Gasteiger partial charge in [-0.15, -0.1) is 0 Å². The van der Waals surface area contributed by atoms with Crippen molar-refractivity contribution in [1.82, 2.24) is 5.32 Å². The van der Waals surface area contributed by atoms with Gasteiger partial charge in [0.05, 0.1) is 11.5 Å². The number of rotatable bonds is 5. The summed E-state index contributed by atoms with van der Waals surface area (Å²) >= 11 is 0. The van der Waals surface area contributed by atoms with Crippen molar-refractivity contribution in [2.24, 2.45) is 0 Å². The molecule has 1 heterocycles. The summed E-state index contributed by atoms with van der Waals surface area (Å²) in [6.45, 7) is 5.73. The quantitative estimate of drug-likeness (QED) is 0.902. The lowest BCUT2D eigenvalue weighted by Crippen LogP contribution is -2.50. The maximum Gasteiger partial charge on any atom is 0.185 e. The van der Waals surface area contributed by atoms with Crippen LogP contribution in [0.1, 0.15) is 25.3 Å². The lowest BCUT2D eigenvalue weighted by molar-refractivity contribution is 0.0808. The lowest BCUT2D eigenvalue weighted by Gasteiger charge is -2.32. The molecule has 4 nitrogen and oxygen atoms in total. The molecule has 2 atom stereocenters. The van der Waals surface area contributed by atoms with Crippen molar-refractivity contribution >= 4 is 9.84 Å². The fourth-order valence-electron chi connectivity index (χ4n) is 2.55. The van der Waals surface area contributed by atoms with Crippen LogP contribution < -0.4 is 5.32 Å². The van der Waals surface area contributed by atoms with E-state index in [0.717, 1.165) is 24.9 Å². The summed E-state index contributed by atoms with van der Waals surface area (Å²) in [5.74, 6) is 0. The standard InChI is InChI=1S/C15H23NO3S/c1-3-8-16-14-7-9-19-11-15(14)20(17,18)13-6-4-5-12(2)10-13/h4-6,10,14-16H,3,7-9,11H2,1-2H3. The molecule has 112 valence electrons. The summed E-state index contributed by atoms with van der Waals surface area (Å²) in [6.07, 6.45) is 1.74. The summed E-state index contributed by atoms with van der Waals surface area (Å²) in [7, 11) is -3.35. The number of aryl methyl sites for hydroxylation is 1. The molecule has 1 N–H and O–H groups in total. The van der Waals surface area contributed by atoms with Gasteiger partial charge in [-0.1, -0.05) is 19.1 Å². The second-order valence-electron chi connectivity index (χ2n) is 5.32. The van der Waals surface area contributed by atoms with Gasteiger partial charge in [0.15, 0.2) is 9.84 Å². The van der Waals surface area contributed by atoms with E-state index in [4.69, 9.17) is 4.74 Å². The van der Waals surface area contributed by atoms with E-state index < -0.39 is 15.1 Å². The van der Waals surface area contributed by atoms with E-state index in [1.165, 1.54) is 0 Å². The van der Waals surface area contributed by atoms with Crippen molar-refractivity contribution in [2.45, 2.75) is 42.9 Å². The molecule has 20 heavy (non-hydrogen) atoms. The minimum absolute atomic E-state index is 0.0192. The Morgan fingerprint density at radius 2 is 2.20 bits per heavy atom. The highest BCUT2D eigenvalue weighted by molar-refractivity contribution is 7.92. The first kappa shape index (κ1) is 15.5. The van der Waals surface area contributed by atoms with E-state index in [1.807, 2.05) is 13.0 Å². The molecule has 1 fully saturated rings. The van der Waals surface area contributed by atoms with Crippen LogP contribution in [0.4, 0.5) is 0 Å². The monoisotopic (exact) mass is 297 g/mol. The Bertz CT molecular complexity index is 542. The highest BCUT2D eigenvalue weighted by Gasteiger charge is 2.36. The van der Waals surface area contributed by atoms with Gasteiger partial charge in [-0.05, 0) is 44.0 Å². The zero-order chi connectivity index (χ0) is 14.6. The fraction of sp³-hybridized carbons (Fsp3) is 0.600. The maximum atomic E-state index is 12.8. The van der Waals surface area contributed by atoms with Gasteiger partial charge in [0.1, 0.15) is 5.25 Å². The number of ether oxygens (including phenoxy) is 1. The molecule has 0 amide bonds. The molecule has 1 aliphatic heterocycles. The van der Waals surface area contributed by atoms with Crippen molar-refractivity contribution in [3.63, 3.8) is 0 Å². The van der Waals surface area contributed by atoms with Gasteiger partial charge in [-0.3, -0.25) is 0 Å². The topological polar surface area (TPSA) is 55.4 Å². The third-order valence-corrected chi connectivity index (χ3v) is 5.85. The third-order valence-electron chi connectivity index (χ3n) is 3.68. The Labute approximate surface area is 121 Å². The SMILES string of the molecule is CCCNC1CCOCC1S(=O)(=O)c1cccc(C)c1. The van der Waals surface area contributed by atoms with Crippen LogP contribution >= 0.6 is 0 Å². The predicted molar refractivity (Wildman–Crippen MR) is 79.7 cm³/mol. The molecule has 1 aliphatic rings. The summed E-state index contributed by atoms with van der Waals surface area (Å²) in [5, 5.41) is 2.86. The Kier molecular flexibility index (Phi) is 5.18. The highest BCUT2D eigenvalue weighted by atomic mass is 32.2. The van der Waals surface area contributed by atoms with E-state index in [1.54, 1.807) is 18.2 Å². The summed E-state index contributed by atoms with van der Waals surface area (Å²) in [6, 6.07) is 7.09. The summed E-state index contributed by atoms with van der Waals surface area (Å²) in [4.78, 5) is 0.399. The van der Waals surface area contributed by atoms with Crippen molar-refractivity contribution < 1.29 is 13.2 Å². The molecule has 0 spiro atoms. The van der Waals surface area contributed by atoms with Crippen molar-refractivity contribution in [1.29, 1.82) is 0 Å². The van der Waals surface area contributed by atoms with E-state index in [-0.39, 0.29) is 12.6 Å². The first-order valence-electron chi connectivity index (χ1n) is 7.17. The zero-order valence-corrected chi connectivity index (χ0v) is 12.9. The number of benzene rings is 1. The van der Waals surface area contributed by atoms with Crippen LogP contribution in [0.5, 0.6) is 0 Å². The van der Waals surface area contributed by atoms with Gasteiger partial charge in [0, 0.05) is 12.6 Å². The second-order valence-corrected chi connectivity index (χ2v) is 7.49. The Hall–Kier alpha value is -0.910. The van der Waals surface area contributed by atoms with Crippen LogP contribution in [0.2, 0.25) is 0 Å². The van der Waals surface area contributed by atoms with Crippen LogP contribution in [-0.2, 0) is 14.6 Å². The van der Waals surface area contributed by atoms with Crippen LogP contribution in [-0.4, -0.2) is 39.5 Å². The largest absolute Gasteiger partial charge is 0.380 e. The van der Waals surface area contributed by atoms with Gasteiger partial charge in [-0.2, -0.15) is 0 Å². The molecule has 0 bridgehead atoms. The minimum atomic E-state index is -3.35. The molecule has 1 aromatic carbocycles. The molecule has 0 saturated carbocycles. The Morgan fingerprint density at radius 1 is 1.40 bits per heavy atom. The van der Waals surface area contributed by atoms with Crippen LogP contribution in [0.15, 0.2) is 29.2 Å². The van der Waals surface area contributed by atoms with Gasteiger partial charge >= 0.3 is 0 Å². The molecule has 0 radical (unpaired) electrons. The summed E-state index contributed by atoms with van der Waals surface area (Å²) < 4.78 is 31.0. The van der Waals surface area contributed by atoms with E-state index >= 15 is 0 Å². The first-order chi connectivity index (χ1) is 9.55. The van der Waals surface area contributed by atoms with Crippen molar-refractivity contribution in [3.05, 3.63) is 29.8 Å². The fourth-order valence-corrected chi connectivity index (χ4v) is 4.46. The lowest BCUT2D eigenvalue weighted by atomic mass is 10.1. The number of hydrogen-bond acceptors (Lipinski definition) is 4. The summed E-state index contributed by atoms with van der Waals surface area (Å²) in [5.41, 5.74) is 0.959. The van der Waals surface area contributed by atoms with Crippen LogP contribution in [0.25, 0.3) is 0 Å². The number of sulfone groups is 1. The Balaban J connectivity index is 2.26. The molecular weight excluding hydrogens is 274 g/mol. The number of hydrogen-bond donors (Lipinski definition) is 1. The molecule has 1 saturated heterocycles.